The Kier molecular flexibility index (Phi) is 8.00. The van der Waals surface area contributed by atoms with Crippen LogP contribution in [0.15, 0.2) is 42.0 Å². The normalized spacial score (nSPS) is 23.6. The van der Waals surface area contributed by atoms with Crippen LogP contribution in [0.2, 0.25) is 0 Å². The summed E-state index contributed by atoms with van der Waals surface area (Å²) in [6.45, 7) is 13.6. The number of anilines is 1. The molecule has 180 valence electrons. The molecule has 33 heavy (non-hydrogen) atoms. The van der Waals surface area contributed by atoms with Gasteiger partial charge in [-0.1, -0.05) is 18.2 Å². The number of aromatic nitrogens is 1. The third-order valence-electron chi connectivity index (χ3n) is 6.09. The largest absolute Gasteiger partial charge is 0.444 e. The maximum absolute atomic E-state index is 13.4. The molecule has 3 atom stereocenters. The van der Waals surface area contributed by atoms with Crippen LogP contribution in [0.5, 0.6) is 0 Å². The van der Waals surface area contributed by atoms with E-state index in [1.54, 1.807) is 17.0 Å². The van der Waals surface area contributed by atoms with E-state index in [1.807, 2.05) is 32.9 Å². The number of carbonyl (C=O) groups is 2. The lowest BCUT2D eigenvalue weighted by Gasteiger charge is -2.30. The van der Waals surface area contributed by atoms with Crippen LogP contribution in [0.3, 0.4) is 0 Å². The van der Waals surface area contributed by atoms with E-state index in [1.165, 1.54) is 0 Å². The van der Waals surface area contributed by atoms with E-state index in [0.717, 1.165) is 31.2 Å². The molecule has 0 bridgehead atoms. The van der Waals surface area contributed by atoms with E-state index in [4.69, 9.17) is 9.47 Å². The highest BCUT2D eigenvalue weighted by atomic mass is 79.9. The summed E-state index contributed by atoms with van der Waals surface area (Å²) in [4.78, 5) is 32.6. The molecule has 8 heteroatoms. The SMILES string of the molecule is C=CCCC[C@]12CC1N(C(=O)OC(C)(C)C)[C@H](C(=O)Nc1nc(Br)ccc1COCC=C)C2. The summed E-state index contributed by atoms with van der Waals surface area (Å²) < 4.78 is 11.8. The topological polar surface area (TPSA) is 80.8 Å². The summed E-state index contributed by atoms with van der Waals surface area (Å²) in [6, 6.07) is 3.07. The first-order valence-corrected chi connectivity index (χ1v) is 12.2. The highest BCUT2D eigenvalue weighted by Gasteiger charge is 2.67. The number of piperidine rings is 1. The minimum absolute atomic E-state index is 0.0253. The molecule has 0 spiro atoms. The van der Waals surface area contributed by atoms with Crippen molar-refractivity contribution in [2.75, 3.05) is 11.9 Å². The fourth-order valence-electron chi connectivity index (χ4n) is 4.54. The molecule has 2 aliphatic rings. The van der Waals surface area contributed by atoms with Gasteiger partial charge < -0.3 is 14.8 Å². The van der Waals surface area contributed by atoms with Crippen LogP contribution in [-0.2, 0) is 20.9 Å². The van der Waals surface area contributed by atoms with Gasteiger partial charge in [0.05, 0.1) is 13.2 Å². The zero-order valence-corrected chi connectivity index (χ0v) is 21.3. The number of hydrogen-bond donors (Lipinski definition) is 1. The Morgan fingerprint density at radius 1 is 1.30 bits per heavy atom. The van der Waals surface area contributed by atoms with Gasteiger partial charge in [0.1, 0.15) is 22.1 Å². The van der Waals surface area contributed by atoms with Crippen molar-refractivity contribution >= 4 is 33.7 Å². The summed E-state index contributed by atoms with van der Waals surface area (Å²) in [7, 11) is 0. The van der Waals surface area contributed by atoms with E-state index in [2.05, 4.69) is 39.4 Å². The number of ether oxygens (including phenoxy) is 2. The number of allylic oxidation sites excluding steroid dienone is 1. The van der Waals surface area contributed by atoms with Crippen molar-refractivity contribution in [3.05, 3.63) is 47.6 Å². The molecule has 1 aliphatic carbocycles. The van der Waals surface area contributed by atoms with E-state index in [0.29, 0.717) is 23.4 Å². The number of unbranched alkanes of at least 4 members (excludes halogenated alkanes) is 1. The predicted molar refractivity (Wildman–Crippen MR) is 132 cm³/mol. The zero-order chi connectivity index (χ0) is 24.2. The molecule has 2 heterocycles. The lowest BCUT2D eigenvalue weighted by molar-refractivity contribution is -0.121. The number of nitrogens with zero attached hydrogens (tertiary/aromatic N) is 2. The average Bonchev–Trinajstić information content (AvgIpc) is 3.32. The maximum atomic E-state index is 13.4. The van der Waals surface area contributed by atoms with Gasteiger partial charge >= 0.3 is 6.09 Å². The van der Waals surface area contributed by atoms with E-state index in [9.17, 15) is 9.59 Å². The smallest absolute Gasteiger partial charge is 0.411 e. The molecule has 2 amide bonds. The lowest BCUT2D eigenvalue weighted by Crippen LogP contribution is -2.47. The van der Waals surface area contributed by atoms with Crippen LogP contribution in [0, 0.1) is 5.41 Å². The molecular formula is C25H34BrN3O4. The van der Waals surface area contributed by atoms with E-state index in [-0.39, 0.29) is 24.0 Å². The Hall–Kier alpha value is -2.19. The quantitative estimate of drug-likeness (QED) is 0.247. The van der Waals surface area contributed by atoms with Gasteiger partial charge in [0.2, 0.25) is 5.91 Å². The third kappa shape index (κ3) is 6.23. The van der Waals surface area contributed by atoms with Crippen molar-refractivity contribution in [3.63, 3.8) is 0 Å². The van der Waals surface area contributed by atoms with Crippen LogP contribution in [0.4, 0.5) is 10.6 Å². The summed E-state index contributed by atoms with van der Waals surface area (Å²) in [6.07, 6.45) is 7.55. The molecule has 1 saturated heterocycles. The number of carbonyl (C=O) groups excluding carboxylic acids is 2. The number of rotatable bonds is 10. The van der Waals surface area contributed by atoms with Gasteiger partial charge in [0.25, 0.3) is 0 Å². The molecule has 1 N–H and O–H groups in total. The van der Waals surface area contributed by atoms with Crippen molar-refractivity contribution in [2.45, 2.75) is 77.2 Å². The van der Waals surface area contributed by atoms with Crippen LogP contribution in [0.1, 0.15) is 58.4 Å². The van der Waals surface area contributed by atoms with Crippen LogP contribution in [-0.4, -0.2) is 46.2 Å². The summed E-state index contributed by atoms with van der Waals surface area (Å²) >= 11 is 3.37. The fraction of sp³-hybridized carbons (Fsp3) is 0.560. The Bertz CT molecular complexity index is 913. The minimum atomic E-state index is -0.636. The highest BCUT2D eigenvalue weighted by Crippen LogP contribution is 2.62. The van der Waals surface area contributed by atoms with E-state index < -0.39 is 17.7 Å². The van der Waals surface area contributed by atoms with Crippen LogP contribution < -0.4 is 5.32 Å². The Labute approximate surface area is 204 Å². The molecule has 2 fully saturated rings. The van der Waals surface area contributed by atoms with Crippen molar-refractivity contribution in [1.29, 1.82) is 0 Å². The monoisotopic (exact) mass is 519 g/mol. The molecule has 0 aromatic carbocycles. The molecule has 1 aromatic heterocycles. The van der Waals surface area contributed by atoms with Gasteiger partial charge in [0.15, 0.2) is 0 Å². The number of pyridine rings is 1. The summed E-state index contributed by atoms with van der Waals surface area (Å²) in [5, 5.41) is 2.94. The maximum Gasteiger partial charge on any atom is 0.411 e. The first kappa shape index (κ1) is 25.4. The molecule has 3 rings (SSSR count). The molecule has 0 radical (unpaired) electrons. The van der Waals surface area contributed by atoms with Gasteiger partial charge in [0, 0.05) is 11.6 Å². The second-order valence-corrected chi connectivity index (χ2v) is 10.6. The Balaban J connectivity index is 1.79. The Morgan fingerprint density at radius 3 is 2.73 bits per heavy atom. The van der Waals surface area contributed by atoms with Crippen molar-refractivity contribution < 1.29 is 19.1 Å². The highest BCUT2D eigenvalue weighted by molar-refractivity contribution is 9.10. The molecule has 1 aromatic rings. The predicted octanol–water partition coefficient (Wildman–Crippen LogP) is 5.61. The van der Waals surface area contributed by atoms with Gasteiger partial charge in [-0.2, -0.15) is 0 Å². The summed E-state index contributed by atoms with van der Waals surface area (Å²) in [5.41, 5.74) is 0.0894. The van der Waals surface area contributed by atoms with Gasteiger partial charge in [-0.15, -0.1) is 13.2 Å². The number of hydrogen-bond acceptors (Lipinski definition) is 5. The Morgan fingerprint density at radius 2 is 2.06 bits per heavy atom. The number of likely N-dealkylation sites (tertiary alicyclic amines) is 1. The van der Waals surface area contributed by atoms with Crippen LogP contribution >= 0.6 is 15.9 Å². The number of nitrogens with one attached hydrogen (secondary N) is 1. The molecule has 1 unspecified atom stereocenters. The van der Waals surface area contributed by atoms with Crippen molar-refractivity contribution in [2.24, 2.45) is 5.41 Å². The zero-order valence-electron chi connectivity index (χ0n) is 19.7. The van der Waals surface area contributed by atoms with E-state index >= 15 is 0 Å². The summed E-state index contributed by atoms with van der Waals surface area (Å²) in [5.74, 6) is 0.163. The number of halogens is 1. The van der Waals surface area contributed by atoms with Gasteiger partial charge in [-0.3, -0.25) is 9.69 Å². The second-order valence-electron chi connectivity index (χ2n) is 9.81. The number of amides is 2. The first-order valence-electron chi connectivity index (χ1n) is 11.4. The second kappa shape index (κ2) is 10.4. The van der Waals surface area contributed by atoms with Crippen LogP contribution in [0.25, 0.3) is 0 Å². The van der Waals surface area contributed by atoms with Crippen molar-refractivity contribution in [3.8, 4) is 0 Å². The molecular weight excluding hydrogens is 486 g/mol. The van der Waals surface area contributed by atoms with Gasteiger partial charge in [-0.05, 0) is 80.3 Å². The standard InChI is InChI=1S/C25H34BrN3O4/c1-6-8-9-12-25-14-18(29(19(25)15-25)23(31)33-24(3,4)5)22(30)28-21-17(16-32-13-7-2)10-11-20(26)27-21/h6-7,10-11,18-19H,1-2,8-9,12-16H2,3-5H3,(H,27,28,30)/t18-,19?,25-/m0/s1. The number of fused-ring (bicyclic) bond motifs is 1. The lowest BCUT2D eigenvalue weighted by atomic mass is 9.93. The minimum Gasteiger partial charge on any atom is -0.444 e. The molecule has 7 nitrogen and oxygen atoms in total. The van der Waals surface area contributed by atoms with Crippen molar-refractivity contribution in [1.82, 2.24) is 9.88 Å². The molecule has 1 aliphatic heterocycles. The van der Waals surface area contributed by atoms with Gasteiger partial charge in [-0.25, -0.2) is 9.78 Å². The molecule has 1 saturated carbocycles. The third-order valence-corrected chi connectivity index (χ3v) is 6.53. The fourth-order valence-corrected chi connectivity index (χ4v) is 4.85. The average molecular weight is 520 g/mol. The first-order chi connectivity index (χ1) is 15.6.